The Morgan fingerprint density at radius 3 is 2.59 bits per heavy atom. The van der Waals surface area contributed by atoms with Crippen molar-refractivity contribution in [2.75, 3.05) is 5.75 Å². The van der Waals surface area contributed by atoms with E-state index in [0.29, 0.717) is 6.42 Å². The van der Waals surface area contributed by atoms with E-state index in [1.54, 1.807) is 11.8 Å². The second-order valence-corrected chi connectivity index (χ2v) is 6.14. The number of hydrogen-bond donors (Lipinski definition) is 0. The van der Waals surface area contributed by atoms with Crippen LogP contribution >= 0.6 is 27.7 Å². The Labute approximate surface area is 114 Å². The molecule has 4 heteroatoms. The second kappa shape index (κ2) is 5.27. The maximum Gasteiger partial charge on any atom is 0.333 e. The quantitative estimate of drug-likeness (QED) is 0.796. The minimum atomic E-state index is -0.576. The third-order valence-electron chi connectivity index (χ3n) is 2.53. The Balaban J connectivity index is 2.25. The fourth-order valence-electron chi connectivity index (χ4n) is 1.82. The minimum Gasteiger partial charge on any atom is -0.439 e. The number of halogens is 1. The lowest BCUT2D eigenvalue weighted by atomic mass is 10.1. The number of cyclic esters (lactones) is 1. The van der Waals surface area contributed by atoms with Crippen molar-refractivity contribution in [2.45, 2.75) is 18.3 Å². The van der Waals surface area contributed by atoms with E-state index >= 15 is 0 Å². The van der Waals surface area contributed by atoms with Crippen molar-refractivity contribution in [1.82, 2.24) is 0 Å². The Bertz CT molecular complexity index is 444. The molecule has 1 aromatic rings. The molecule has 0 bridgehead atoms. The lowest BCUT2D eigenvalue weighted by Crippen LogP contribution is -2.29. The highest BCUT2D eigenvalue weighted by atomic mass is 79.9. The smallest absolute Gasteiger partial charge is 0.333 e. The Kier molecular flexibility index (Phi) is 3.94. The predicted octanol–water partition coefficient (Wildman–Crippen LogP) is 3.51. The third-order valence-corrected chi connectivity index (χ3v) is 4.87. The summed E-state index contributed by atoms with van der Waals surface area (Å²) in [6.45, 7) is 2.06. The first-order chi connectivity index (χ1) is 8.16. The highest BCUT2D eigenvalue weighted by Crippen LogP contribution is 2.44. The van der Waals surface area contributed by atoms with Crippen molar-refractivity contribution in [2.24, 2.45) is 0 Å². The summed E-state index contributed by atoms with van der Waals surface area (Å²) in [5.74, 6) is 0.622. The van der Waals surface area contributed by atoms with Gasteiger partial charge in [-0.25, -0.2) is 4.79 Å². The molecular formula is C13H13BrO2S. The number of benzene rings is 1. The van der Waals surface area contributed by atoms with Crippen LogP contribution in [0.25, 0.3) is 0 Å². The van der Waals surface area contributed by atoms with Crippen molar-refractivity contribution in [3.8, 4) is 0 Å². The highest BCUT2D eigenvalue weighted by Gasteiger charge is 2.42. The van der Waals surface area contributed by atoms with Crippen LogP contribution in [0.5, 0.6) is 0 Å². The van der Waals surface area contributed by atoms with Crippen LogP contribution in [-0.4, -0.2) is 16.7 Å². The maximum absolute atomic E-state index is 11.4. The fraction of sp³-hybridized carbons (Fsp3) is 0.308. The number of thioether (sulfide) groups is 1. The standard InChI is InChI=1S/C13H13BrO2S/c1-2-17-13(11(14)8-12(15)16-13)9-10-6-4-3-5-7-10/h3-8H,2,9H2,1H3. The number of rotatable bonds is 4. The van der Waals surface area contributed by atoms with E-state index in [-0.39, 0.29) is 5.97 Å². The van der Waals surface area contributed by atoms with E-state index in [1.807, 2.05) is 30.3 Å². The number of ether oxygens (including phenoxy) is 1. The molecule has 2 rings (SSSR count). The number of carbonyl (C=O) groups excluding carboxylic acids is 1. The van der Waals surface area contributed by atoms with Crippen molar-refractivity contribution < 1.29 is 9.53 Å². The molecule has 1 unspecified atom stereocenters. The van der Waals surface area contributed by atoms with Crippen LogP contribution < -0.4 is 0 Å². The Morgan fingerprint density at radius 1 is 1.35 bits per heavy atom. The van der Waals surface area contributed by atoms with Crippen LogP contribution in [0.1, 0.15) is 12.5 Å². The van der Waals surface area contributed by atoms with E-state index < -0.39 is 4.93 Å². The number of hydrogen-bond acceptors (Lipinski definition) is 3. The largest absolute Gasteiger partial charge is 0.439 e. The minimum absolute atomic E-state index is 0.270. The normalized spacial score (nSPS) is 23.4. The zero-order valence-electron chi connectivity index (χ0n) is 9.48. The average Bonchev–Trinajstić information content (AvgIpc) is 2.55. The van der Waals surface area contributed by atoms with E-state index in [4.69, 9.17) is 4.74 Å². The first kappa shape index (κ1) is 12.7. The summed E-state index contributed by atoms with van der Waals surface area (Å²) in [5.41, 5.74) is 1.16. The van der Waals surface area contributed by atoms with Crippen LogP contribution in [-0.2, 0) is 16.0 Å². The fourth-order valence-corrected chi connectivity index (χ4v) is 3.65. The van der Waals surface area contributed by atoms with Crippen LogP contribution in [0.3, 0.4) is 0 Å². The lowest BCUT2D eigenvalue weighted by Gasteiger charge is -2.28. The molecule has 0 aromatic heterocycles. The summed E-state index contributed by atoms with van der Waals surface area (Å²) in [6.07, 6.45) is 2.21. The molecule has 2 nitrogen and oxygen atoms in total. The summed E-state index contributed by atoms with van der Waals surface area (Å²) in [4.78, 5) is 10.8. The lowest BCUT2D eigenvalue weighted by molar-refractivity contribution is -0.140. The molecule has 0 fully saturated rings. The predicted molar refractivity (Wildman–Crippen MR) is 74.1 cm³/mol. The first-order valence-corrected chi connectivity index (χ1v) is 7.22. The van der Waals surface area contributed by atoms with Gasteiger partial charge >= 0.3 is 5.97 Å². The second-order valence-electron chi connectivity index (χ2n) is 3.76. The van der Waals surface area contributed by atoms with Crippen LogP contribution in [0.15, 0.2) is 40.9 Å². The molecule has 1 aliphatic heterocycles. The zero-order chi connectivity index (χ0) is 12.3. The van der Waals surface area contributed by atoms with Gasteiger partial charge in [-0.3, -0.25) is 0 Å². The van der Waals surface area contributed by atoms with E-state index in [9.17, 15) is 4.79 Å². The van der Waals surface area contributed by atoms with Gasteiger partial charge in [0.1, 0.15) is 0 Å². The molecular weight excluding hydrogens is 300 g/mol. The molecule has 0 radical (unpaired) electrons. The average molecular weight is 313 g/mol. The summed E-state index contributed by atoms with van der Waals surface area (Å²) in [6, 6.07) is 10.1. The molecule has 0 saturated carbocycles. The maximum atomic E-state index is 11.4. The SMILES string of the molecule is CCSC1(Cc2ccccc2)OC(=O)C=C1Br. The summed E-state index contributed by atoms with van der Waals surface area (Å²) < 4.78 is 6.31. The molecule has 90 valence electrons. The molecule has 0 aliphatic carbocycles. The van der Waals surface area contributed by atoms with Crippen LogP contribution in [0, 0.1) is 0 Å². The molecule has 0 spiro atoms. The number of carbonyl (C=O) groups is 1. The molecule has 0 amide bonds. The van der Waals surface area contributed by atoms with Gasteiger partial charge in [-0.05, 0) is 27.2 Å². The first-order valence-electron chi connectivity index (χ1n) is 5.45. The van der Waals surface area contributed by atoms with Gasteiger partial charge < -0.3 is 4.74 Å². The Hall–Kier alpha value is -0.740. The van der Waals surface area contributed by atoms with Crippen LogP contribution in [0.2, 0.25) is 0 Å². The van der Waals surface area contributed by atoms with E-state index in [1.165, 1.54) is 6.08 Å². The van der Waals surface area contributed by atoms with Crippen molar-refractivity contribution in [3.63, 3.8) is 0 Å². The zero-order valence-corrected chi connectivity index (χ0v) is 11.9. The van der Waals surface area contributed by atoms with E-state index in [2.05, 4.69) is 22.9 Å². The van der Waals surface area contributed by atoms with Gasteiger partial charge in [0.25, 0.3) is 0 Å². The van der Waals surface area contributed by atoms with Gasteiger partial charge in [-0.15, -0.1) is 11.8 Å². The van der Waals surface area contributed by atoms with Gasteiger partial charge in [0, 0.05) is 12.5 Å². The van der Waals surface area contributed by atoms with Gasteiger partial charge in [0.2, 0.25) is 0 Å². The van der Waals surface area contributed by atoms with Crippen molar-refractivity contribution >= 4 is 33.7 Å². The van der Waals surface area contributed by atoms with Crippen LogP contribution in [0.4, 0.5) is 0 Å². The molecule has 0 N–H and O–H groups in total. The van der Waals surface area contributed by atoms with Gasteiger partial charge in [0.15, 0.2) is 4.93 Å². The molecule has 1 heterocycles. The third kappa shape index (κ3) is 2.75. The van der Waals surface area contributed by atoms with Gasteiger partial charge in [-0.2, -0.15) is 0 Å². The number of esters is 1. The van der Waals surface area contributed by atoms with E-state index in [0.717, 1.165) is 15.8 Å². The Morgan fingerprint density at radius 2 is 2.06 bits per heavy atom. The monoisotopic (exact) mass is 312 g/mol. The summed E-state index contributed by atoms with van der Waals surface area (Å²) >= 11 is 5.09. The molecule has 1 aromatic carbocycles. The molecule has 1 aliphatic rings. The molecule has 0 saturated heterocycles. The summed E-state index contributed by atoms with van der Waals surface area (Å²) in [7, 11) is 0. The van der Waals surface area contributed by atoms with Crippen molar-refractivity contribution in [1.29, 1.82) is 0 Å². The topological polar surface area (TPSA) is 26.3 Å². The summed E-state index contributed by atoms with van der Waals surface area (Å²) in [5, 5.41) is 0. The van der Waals surface area contributed by atoms with Crippen molar-refractivity contribution in [3.05, 3.63) is 46.5 Å². The molecule has 1 atom stereocenters. The highest BCUT2D eigenvalue weighted by molar-refractivity contribution is 9.12. The van der Waals surface area contributed by atoms with Gasteiger partial charge in [-0.1, -0.05) is 37.3 Å². The molecule has 17 heavy (non-hydrogen) atoms. The van der Waals surface area contributed by atoms with Gasteiger partial charge in [0.05, 0.1) is 4.48 Å².